The molecule has 80 heavy (non-hydrogen) atoms. The molecule has 0 aliphatic rings. The normalized spacial score (nSPS) is 12.6. The smallest absolute Gasteiger partial charge is 0.305 e. The quantitative estimate of drug-likeness (QED) is 0.0320. The monoisotopic (exact) mass is 1130 g/mol. The molecule has 0 fully saturated rings. The third kappa shape index (κ3) is 65.5. The van der Waals surface area contributed by atoms with Crippen LogP contribution in [0.1, 0.15) is 412 Å². The Morgan fingerprint density at radius 2 is 0.625 bits per heavy atom. The lowest BCUT2D eigenvalue weighted by Gasteiger charge is -2.22. The van der Waals surface area contributed by atoms with E-state index in [4.69, 9.17) is 4.74 Å². The van der Waals surface area contributed by atoms with Gasteiger partial charge in [0.1, 0.15) is 0 Å². The minimum atomic E-state index is -0.665. The van der Waals surface area contributed by atoms with Crippen LogP contribution in [0, 0.1) is 0 Å². The van der Waals surface area contributed by atoms with Gasteiger partial charge in [-0.1, -0.05) is 366 Å². The molecule has 2 unspecified atom stereocenters. The third-order valence-electron chi connectivity index (χ3n) is 17.3. The van der Waals surface area contributed by atoms with Gasteiger partial charge in [0, 0.05) is 12.8 Å². The predicted molar refractivity (Wildman–Crippen MR) is 352 cm³/mol. The molecule has 0 bridgehead atoms. The maximum Gasteiger partial charge on any atom is 0.305 e. The fraction of sp³-hybridized carbons (Fsp3) is 0.919. The van der Waals surface area contributed by atoms with Gasteiger partial charge in [-0.2, -0.15) is 0 Å². The average Bonchev–Trinajstić information content (AvgIpc) is 3.46. The highest BCUT2D eigenvalue weighted by Gasteiger charge is 2.20. The van der Waals surface area contributed by atoms with Crippen molar-refractivity contribution in [3.8, 4) is 0 Å². The summed E-state index contributed by atoms with van der Waals surface area (Å²) >= 11 is 0. The summed E-state index contributed by atoms with van der Waals surface area (Å²) in [5.74, 6) is -0.0203. The van der Waals surface area contributed by atoms with Crippen LogP contribution in [0.2, 0.25) is 0 Å². The van der Waals surface area contributed by atoms with E-state index >= 15 is 0 Å². The summed E-state index contributed by atoms with van der Waals surface area (Å²) in [6.45, 7) is 4.97. The lowest BCUT2D eigenvalue weighted by Crippen LogP contribution is -2.45. The van der Waals surface area contributed by atoms with Crippen LogP contribution in [0.5, 0.6) is 0 Å². The lowest BCUT2D eigenvalue weighted by atomic mass is 10.0. The summed E-state index contributed by atoms with van der Waals surface area (Å²) in [6.07, 6.45) is 88.0. The maximum absolute atomic E-state index is 12.6. The Morgan fingerprint density at radius 1 is 0.350 bits per heavy atom. The summed E-state index contributed by atoms with van der Waals surface area (Å²) in [4.78, 5) is 24.7. The first-order chi connectivity index (χ1) is 39.5. The van der Waals surface area contributed by atoms with E-state index in [1.54, 1.807) is 0 Å². The van der Waals surface area contributed by atoms with Gasteiger partial charge in [0.2, 0.25) is 5.91 Å². The molecule has 3 N–H and O–H groups in total. The molecule has 0 saturated carbocycles. The summed E-state index contributed by atoms with van der Waals surface area (Å²) in [7, 11) is 0. The van der Waals surface area contributed by atoms with Crippen molar-refractivity contribution in [2.24, 2.45) is 0 Å². The molecular formula is C74H143NO5. The van der Waals surface area contributed by atoms with Gasteiger partial charge in [-0.25, -0.2) is 0 Å². The number of hydrogen-bond donors (Lipinski definition) is 3. The molecule has 6 heteroatoms. The van der Waals surface area contributed by atoms with Crippen molar-refractivity contribution in [2.45, 2.75) is 424 Å². The molecule has 0 aromatic carbocycles. The Labute approximate surface area is 501 Å². The van der Waals surface area contributed by atoms with E-state index in [9.17, 15) is 19.8 Å². The van der Waals surface area contributed by atoms with Gasteiger partial charge in [0.05, 0.1) is 25.4 Å². The Morgan fingerprint density at radius 3 is 0.975 bits per heavy atom. The number of carbonyl (C=O) groups is 2. The zero-order chi connectivity index (χ0) is 57.8. The standard InChI is InChI=1S/C74H143NO5/c1-3-5-7-9-11-13-15-17-19-21-22-23-28-31-35-38-42-46-50-54-58-62-66-72(77)71(70-76)75-73(78)67-63-59-55-51-47-43-39-36-32-29-26-24-25-27-30-33-37-41-45-49-53-57-61-65-69-80-74(79)68-64-60-56-52-48-44-40-34-20-18-16-14-12-10-8-6-4-2/h12,14,18,20,71-72,76-77H,3-11,13,15-17,19,21-70H2,1-2H3,(H,75,78)/b14-12-,20-18-. The van der Waals surface area contributed by atoms with E-state index in [0.29, 0.717) is 25.9 Å². The molecule has 0 rings (SSSR count). The average molecular weight is 1130 g/mol. The highest BCUT2D eigenvalue weighted by atomic mass is 16.5. The molecule has 2 atom stereocenters. The molecule has 0 aromatic rings. The van der Waals surface area contributed by atoms with E-state index in [1.165, 1.54) is 327 Å². The van der Waals surface area contributed by atoms with Gasteiger partial charge in [-0.05, 0) is 57.8 Å². The van der Waals surface area contributed by atoms with E-state index in [1.807, 2.05) is 0 Å². The highest BCUT2D eigenvalue weighted by Crippen LogP contribution is 2.19. The van der Waals surface area contributed by atoms with Crippen LogP contribution in [0.25, 0.3) is 0 Å². The summed E-state index contributed by atoms with van der Waals surface area (Å²) in [5, 5.41) is 23.4. The molecule has 0 saturated heterocycles. The van der Waals surface area contributed by atoms with Crippen LogP contribution in [-0.4, -0.2) is 47.4 Å². The Kier molecular flexibility index (Phi) is 68.4. The second-order valence-electron chi connectivity index (χ2n) is 25.3. The molecule has 0 radical (unpaired) electrons. The van der Waals surface area contributed by atoms with Gasteiger partial charge in [0.15, 0.2) is 0 Å². The summed E-state index contributed by atoms with van der Waals surface area (Å²) in [5.41, 5.74) is 0. The SMILES string of the molecule is CCCCC/C=C\C/C=C\CCCCCCCCCC(=O)OCCCCCCCCCCCCCCCCCCCCCCCCCCC(=O)NC(CO)C(O)CCCCCCCCCCCCCCCCCCCCCCCC. The number of amides is 1. The molecule has 0 aromatic heterocycles. The first kappa shape index (κ1) is 78.3. The Bertz CT molecular complexity index is 1250. The number of allylic oxidation sites excluding steroid dienone is 4. The molecule has 474 valence electrons. The van der Waals surface area contributed by atoms with Crippen molar-refractivity contribution in [1.82, 2.24) is 5.32 Å². The van der Waals surface area contributed by atoms with Crippen LogP contribution in [0.3, 0.4) is 0 Å². The van der Waals surface area contributed by atoms with Crippen LogP contribution in [0.4, 0.5) is 0 Å². The zero-order valence-corrected chi connectivity index (χ0v) is 54.3. The largest absolute Gasteiger partial charge is 0.466 e. The van der Waals surface area contributed by atoms with Gasteiger partial charge in [-0.3, -0.25) is 9.59 Å². The van der Waals surface area contributed by atoms with Gasteiger partial charge in [-0.15, -0.1) is 0 Å². The minimum absolute atomic E-state index is 0.00875. The van der Waals surface area contributed by atoms with Gasteiger partial charge in [0.25, 0.3) is 0 Å². The van der Waals surface area contributed by atoms with Crippen molar-refractivity contribution in [2.75, 3.05) is 13.2 Å². The minimum Gasteiger partial charge on any atom is -0.466 e. The number of rotatable bonds is 69. The topological polar surface area (TPSA) is 95.9 Å². The van der Waals surface area contributed by atoms with Crippen LogP contribution >= 0.6 is 0 Å². The molecule has 6 nitrogen and oxygen atoms in total. The number of ether oxygens (including phenoxy) is 1. The molecular weight excluding hydrogens is 983 g/mol. The third-order valence-corrected chi connectivity index (χ3v) is 17.3. The van der Waals surface area contributed by atoms with Crippen LogP contribution in [0.15, 0.2) is 24.3 Å². The Hall–Kier alpha value is -1.66. The van der Waals surface area contributed by atoms with Crippen molar-refractivity contribution in [1.29, 1.82) is 0 Å². The fourth-order valence-electron chi connectivity index (χ4n) is 11.7. The summed E-state index contributed by atoms with van der Waals surface area (Å²) in [6, 6.07) is -0.542. The van der Waals surface area contributed by atoms with E-state index < -0.39 is 12.1 Å². The van der Waals surface area contributed by atoms with Gasteiger partial charge >= 0.3 is 5.97 Å². The van der Waals surface area contributed by atoms with Crippen molar-refractivity contribution < 1.29 is 24.5 Å². The number of unbranched alkanes of at least 4 members (excludes halogenated alkanes) is 54. The van der Waals surface area contributed by atoms with Crippen LogP contribution in [-0.2, 0) is 14.3 Å². The van der Waals surface area contributed by atoms with Crippen molar-refractivity contribution >= 4 is 11.9 Å². The number of esters is 1. The number of aliphatic hydroxyl groups excluding tert-OH is 2. The maximum atomic E-state index is 12.6. The van der Waals surface area contributed by atoms with E-state index in [0.717, 1.165) is 51.4 Å². The molecule has 1 amide bonds. The number of aliphatic hydroxyl groups is 2. The number of nitrogens with one attached hydrogen (secondary N) is 1. The van der Waals surface area contributed by atoms with E-state index in [-0.39, 0.29) is 18.5 Å². The first-order valence-electron chi connectivity index (χ1n) is 36.6. The highest BCUT2D eigenvalue weighted by molar-refractivity contribution is 5.76. The second kappa shape index (κ2) is 69.8. The Balaban J connectivity index is 3.36. The van der Waals surface area contributed by atoms with E-state index in [2.05, 4.69) is 43.5 Å². The zero-order valence-electron chi connectivity index (χ0n) is 54.3. The molecule has 0 spiro atoms. The van der Waals surface area contributed by atoms with Crippen molar-refractivity contribution in [3.63, 3.8) is 0 Å². The number of carbonyl (C=O) groups excluding carboxylic acids is 2. The summed E-state index contributed by atoms with van der Waals surface area (Å²) < 4.78 is 5.50. The molecule has 0 heterocycles. The van der Waals surface area contributed by atoms with Crippen LogP contribution < -0.4 is 5.32 Å². The second-order valence-corrected chi connectivity index (χ2v) is 25.3. The molecule has 0 aliphatic heterocycles. The van der Waals surface area contributed by atoms with Gasteiger partial charge < -0.3 is 20.3 Å². The predicted octanol–water partition coefficient (Wildman–Crippen LogP) is 23.7. The fourth-order valence-corrected chi connectivity index (χ4v) is 11.7. The first-order valence-corrected chi connectivity index (χ1v) is 36.6. The van der Waals surface area contributed by atoms with Crippen molar-refractivity contribution in [3.05, 3.63) is 24.3 Å². The lowest BCUT2D eigenvalue weighted by molar-refractivity contribution is -0.143. The molecule has 0 aliphatic carbocycles. The number of hydrogen-bond acceptors (Lipinski definition) is 5.